The molecule has 12 nitrogen and oxygen atoms in total. The summed E-state index contributed by atoms with van der Waals surface area (Å²) in [6.07, 6.45) is 5.77. The van der Waals surface area contributed by atoms with E-state index in [4.69, 9.17) is 5.26 Å². The summed E-state index contributed by atoms with van der Waals surface area (Å²) in [6, 6.07) is 35.5. The van der Waals surface area contributed by atoms with Crippen molar-refractivity contribution < 1.29 is 19.2 Å². The second-order valence-corrected chi connectivity index (χ2v) is 18.6. The Morgan fingerprint density at radius 1 is 0.891 bits per heavy atom. The van der Waals surface area contributed by atoms with Crippen molar-refractivity contribution >= 4 is 46.5 Å². The smallest absolute Gasteiger partial charge is 0.247 e. The summed E-state index contributed by atoms with van der Waals surface area (Å²) in [5, 5.41) is 17.9. The van der Waals surface area contributed by atoms with Gasteiger partial charge in [-0.3, -0.25) is 29.4 Å². The molecule has 3 saturated heterocycles. The molecule has 0 aliphatic carbocycles. The van der Waals surface area contributed by atoms with Crippen LogP contribution in [0.5, 0.6) is 0 Å². The first-order valence-corrected chi connectivity index (χ1v) is 23.3. The molecule has 5 heterocycles. The largest absolute Gasteiger partial charge is 0.368 e. The summed E-state index contributed by atoms with van der Waals surface area (Å²) in [6.45, 7) is 9.62. The van der Waals surface area contributed by atoms with E-state index in [1.165, 1.54) is 0 Å². The highest BCUT2D eigenvalue weighted by Gasteiger charge is 2.34. The monoisotopic (exact) mass is 876 g/mol. The molecule has 330 valence electrons. The van der Waals surface area contributed by atoms with Gasteiger partial charge in [-0.15, -0.1) is 11.3 Å². The molecule has 2 aromatic heterocycles. The number of amides is 4. The second kappa shape index (κ2) is 20.5. The number of thiophene rings is 1. The standard InChI is InChI=1S/C51H56N8O4S/c1-34-31-58(42-15-12-39(13-16-42)44-18-21-47(60)56-50(44)62)32-35(2)59(34)33-38-23-26-57(27-24-38)48(61)28-43-17-19-45(64-43)41-14-20-46(54-30-41)55-51(63)49(40-6-4-3-5-7-40)53-25-22-36-8-10-37(29-52)11-9-36/h3-17,19-20,30,34-35,38,44,49,53H,18,21-28,31-33H2,1-2H3,(H,54,55,63)(H,56,60,62)/t34-,35+,44?,49?. The molecule has 13 heteroatoms. The Kier molecular flexibility index (Phi) is 14.3. The van der Waals surface area contributed by atoms with Gasteiger partial charge in [0, 0.05) is 85.0 Å². The van der Waals surface area contributed by atoms with Crippen molar-refractivity contribution in [1.82, 2.24) is 25.4 Å². The van der Waals surface area contributed by atoms with Crippen LogP contribution in [-0.4, -0.2) is 89.8 Å². The highest BCUT2D eigenvalue weighted by atomic mass is 32.1. The number of pyridine rings is 1. The lowest BCUT2D eigenvalue weighted by Crippen LogP contribution is -2.58. The van der Waals surface area contributed by atoms with Gasteiger partial charge >= 0.3 is 0 Å². The molecule has 3 aliphatic rings. The normalized spacial score (nSPS) is 20.0. The minimum absolute atomic E-state index is 0.167. The summed E-state index contributed by atoms with van der Waals surface area (Å²) < 4.78 is 0. The molecule has 3 aliphatic heterocycles. The van der Waals surface area contributed by atoms with Crippen molar-refractivity contribution in [3.8, 4) is 16.5 Å². The zero-order valence-corrected chi connectivity index (χ0v) is 37.4. The van der Waals surface area contributed by atoms with E-state index in [2.05, 4.69) is 62.8 Å². The van der Waals surface area contributed by atoms with Crippen LogP contribution in [0.1, 0.15) is 78.6 Å². The molecule has 4 amide bonds. The highest BCUT2D eigenvalue weighted by Crippen LogP contribution is 2.32. The molecule has 0 saturated carbocycles. The Hall–Kier alpha value is -6.20. The van der Waals surface area contributed by atoms with Crippen molar-refractivity contribution in [2.75, 3.05) is 49.5 Å². The number of carbonyl (C=O) groups is 4. The average Bonchev–Trinajstić information content (AvgIpc) is 3.78. The quantitative estimate of drug-likeness (QED) is 0.0994. The van der Waals surface area contributed by atoms with E-state index in [-0.39, 0.29) is 29.5 Å². The molecule has 3 N–H and O–H groups in total. The number of piperazine rings is 1. The van der Waals surface area contributed by atoms with Crippen LogP contribution < -0.4 is 20.9 Å². The van der Waals surface area contributed by atoms with E-state index in [9.17, 15) is 19.2 Å². The molecule has 8 rings (SSSR count). The first-order valence-electron chi connectivity index (χ1n) is 22.5. The maximum atomic E-state index is 13.6. The van der Waals surface area contributed by atoms with Crippen LogP contribution in [0.15, 0.2) is 109 Å². The first-order chi connectivity index (χ1) is 31.1. The number of aromatic nitrogens is 1. The number of piperidine rings is 2. The van der Waals surface area contributed by atoms with Crippen molar-refractivity contribution in [3.05, 3.63) is 136 Å². The Bertz CT molecular complexity index is 2430. The topological polar surface area (TPSA) is 151 Å². The van der Waals surface area contributed by atoms with Gasteiger partial charge in [0.1, 0.15) is 11.9 Å². The summed E-state index contributed by atoms with van der Waals surface area (Å²) in [7, 11) is 0. The number of hydrogen-bond acceptors (Lipinski definition) is 10. The van der Waals surface area contributed by atoms with Gasteiger partial charge in [-0.1, -0.05) is 54.6 Å². The Morgan fingerprint density at radius 2 is 1.62 bits per heavy atom. The fourth-order valence-corrected chi connectivity index (χ4v) is 10.3. The lowest BCUT2D eigenvalue weighted by atomic mass is 9.90. The van der Waals surface area contributed by atoms with E-state index in [0.29, 0.717) is 61.6 Å². The van der Waals surface area contributed by atoms with Gasteiger partial charge in [0.15, 0.2) is 0 Å². The molecular weight excluding hydrogens is 821 g/mol. The number of anilines is 2. The average molecular weight is 877 g/mol. The molecule has 0 radical (unpaired) electrons. The summed E-state index contributed by atoms with van der Waals surface area (Å²) in [5.74, 6) is 0.300. The zero-order valence-electron chi connectivity index (χ0n) is 36.5. The van der Waals surface area contributed by atoms with Crippen molar-refractivity contribution in [2.45, 2.75) is 76.4 Å². The van der Waals surface area contributed by atoms with Crippen LogP contribution in [0, 0.1) is 17.2 Å². The SMILES string of the molecule is C[C@@H]1CN(c2ccc(C3CCC(=O)NC3=O)cc2)C[C@H](C)N1CC1CCN(C(=O)Cc2ccc(-c3ccc(NC(=O)C(NCCc4ccc(C#N)cc4)c4ccccc4)nc3)s2)CC1. The summed E-state index contributed by atoms with van der Waals surface area (Å²) in [4.78, 5) is 64.8. The third-order valence-corrected chi connectivity index (χ3v) is 14.1. The first kappa shape index (κ1) is 44.4. The van der Waals surface area contributed by atoms with Crippen LogP contribution in [0.3, 0.4) is 0 Å². The lowest BCUT2D eigenvalue weighted by Gasteiger charge is -2.47. The number of rotatable bonds is 14. The number of imide groups is 1. The Balaban J connectivity index is 0.781. The Labute approximate surface area is 379 Å². The van der Waals surface area contributed by atoms with Crippen LogP contribution in [0.2, 0.25) is 0 Å². The van der Waals surface area contributed by atoms with E-state index < -0.39 is 6.04 Å². The number of nitrogens with zero attached hydrogens (tertiary/aromatic N) is 5. The summed E-state index contributed by atoms with van der Waals surface area (Å²) >= 11 is 1.60. The molecule has 3 aromatic carbocycles. The fraction of sp³-hybridized carbons (Fsp3) is 0.373. The molecular formula is C51H56N8O4S. The second-order valence-electron chi connectivity index (χ2n) is 17.4. The fourth-order valence-electron chi connectivity index (χ4n) is 9.33. The number of nitrogens with one attached hydrogen (secondary N) is 3. The molecule has 2 unspecified atom stereocenters. The van der Waals surface area contributed by atoms with Crippen molar-refractivity contribution in [2.24, 2.45) is 5.92 Å². The third kappa shape index (κ3) is 10.9. The van der Waals surface area contributed by atoms with Gasteiger partial charge in [-0.2, -0.15) is 5.26 Å². The van der Waals surface area contributed by atoms with Crippen molar-refractivity contribution in [1.29, 1.82) is 5.26 Å². The minimum Gasteiger partial charge on any atom is -0.368 e. The predicted octanol–water partition coefficient (Wildman–Crippen LogP) is 7.09. The molecule has 0 bridgehead atoms. The molecule has 3 fully saturated rings. The predicted molar refractivity (Wildman–Crippen MR) is 251 cm³/mol. The summed E-state index contributed by atoms with van der Waals surface area (Å²) in [5.41, 5.74) is 5.59. The number of benzene rings is 3. The van der Waals surface area contributed by atoms with Gasteiger partial charge in [0.05, 0.1) is 24.0 Å². The van der Waals surface area contributed by atoms with E-state index in [1.807, 2.05) is 83.8 Å². The molecule has 0 spiro atoms. The highest BCUT2D eigenvalue weighted by molar-refractivity contribution is 7.15. The van der Waals surface area contributed by atoms with Crippen LogP contribution in [0.4, 0.5) is 11.5 Å². The minimum atomic E-state index is -0.578. The van der Waals surface area contributed by atoms with Gasteiger partial charge in [0.25, 0.3) is 0 Å². The maximum absolute atomic E-state index is 13.6. The molecule has 64 heavy (non-hydrogen) atoms. The van der Waals surface area contributed by atoms with Crippen molar-refractivity contribution in [3.63, 3.8) is 0 Å². The van der Waals surface area contributed by atoms with Gasteiger partial charge < -0.3 is 20.4 Å². The number of likely N-dealkylation sites (tertiary alicyclic amines) is 1. The van der Waals surface area contributed by atoms with Gasteiger partial charge in [-0.25, -0.2) is 4.98 Å². The Morgan fingerprint density at radius 3 is 2.30 bits per heavy atom. The number of carbonyl (C=O) groups excluding carboxylic acids is 4. The van der Waals surface area contributed by atoms with E-state index in [0.717, 1.165) is 83.3 Å². The number of hydrogen-bond donors (Lipinski definition) is 3. The van der Waals surface area contributed by atoms with Crippen LogP contribution in [-0.2, 0) is 32.0 Å². The van der Waals surface area contributed by atoms with Gasteiger partial charge in [-0.05, 0) is 111 Å². The zero-order chi connectivity index (χ0) is 44.6. The van der Waals surface area contributed by atoms with E-state index >= 15 is 0 Å². The number of nitriles is 1. The maximum Gasteiger partial charge on any atom is 0.247 e. The van der Waals surface area contributed by atoms with E-state index in [1.54, 1.807) is 29.7 Å². The third-order valence-electron chi connectivity index (χ3n) is 13.0. The molecule has 4 atom stereocenters. The van der Waals surface area contributed by atoms with Crippen LogP contribution in [0.25, 0.3) is 10.4 Å². The van der Waals surface area contributed by atoms with Crippen LogP contribution >= 0.6 is 11.3 Å². The van der Waals surface area contributed by atoms with Gasteiger partial charge in [0.2, 0.25) is 23.6 Å². The lowest BCUT2D eigenvalue weighted by molar-refractivity contribution is -0.134. The molecule has 5 aromatic rings.